The molecule has 8 nitrogen and oxygen atoms in total. The molecule has 1 aliphatic rings. The first-order valence-corrected chi connectivity index (χ1v) is 10.8. The van der Waals surface area contributed by atoms with Crippen LogP contribution in [0.15, 0.2) is 30.3 Å². The Morgan fingerprint density at radius 2 is 2.03 bits per heavy atom. The number of halogens is 2. The predicted molar refractivity (Wildman–Crippen MR) is 123 cm³/mol. The number of nitrogens with one attached hydrogen (secondary N) is 2. The summed E-state index contributed by atoms with van der Waals surface area (Å²) in [4.78, 5) is 33.6. The molecule has 0 radical (unpaired) electrons. The van der Waals surface area contributed by atoms with E-state index in [1.807, 2.05) is 18.2 Å². The lowest BCUT2D eigenvalue weighted by atomic mass is 9.99. The number of aromatic nitrogens is 2. The van der Waals surface area contributed by atoms with Crippen LogP contribution in [0, 0.1) is 6.92 Å². The van der Waals surface area contributed by atoms with Crippen LogP contribution in [0.3, 0.4) is 0 Å². The number of H-pyrrole nitrogens is 1. The number of pyridine rings is 1. The largest absolute Gasteiger partial charge is 0.477 e. The number of carbonyl (C=O) groups is 2. The molecule has 3 heterocycles. The first-order valence-electron chi connectivity index (χ1n) is 10.1. The van der Waals surface area contributed by atoms with Gasteiger partial charge in [0.1, 0.15) is 5.69 Å². The average Bonchev–Trinajstić information content (AvgIpc) is 3.05. The lowest BCUT2D eigenvalue weighted by Gasteiger charge is -2.39. The fourth-order valence-corrected chi connectivity index (χ4v) is 4.45. The Hall–Kier alpha value is -2.81. The van der Waals surface area contributed by atoms with E-state index in [4.69, 9.17) is 27.9 Å². The van der Waals surface area contributed by atoms with E-state index < -0.39 is 5.97 Å². The van der Waals surface area contributed by atoms with Gasteiger partial charge in [0.15, 0.2) is 5.69 Å². The summed E-state index contributed by atoms with van der Waals surface area (Å²) in [5.74, 6) is -1.44. The maximum Gasteiger partial charge on any atom is 0.354 e. The molecule has 1 saturated heterocycles. The van der Waals surface area contributed by atoms with Crippen LogP contribution in [0.1, 0.15) is 33.1 Å². The molecule has 10 heteroatoms. The zero-order valence-corrected chi connectivity index (χ0v) is 19.0. The molecule has 0 aliphatic carbocycles. The van der Waals surface area contributed by atoms with Crippen molar-refractivity contribution in [3.63, 3.8) is 0 Å². The van der Waals surface area contributed by atoms with Crippen molar-refractivity contribution in [2.75, 3.05) is 25.1 Å². The topological polar surface area (TPSA) is 108 Å². The van der Waals surface area contributed by atoms with Gasteiger partial charge < -0.3 is 25.0 Å². The molecule has 0 spiro atoms. The number of para-hydroxylation sites is 1. The molecular formula is C22H22Cl2N4O4. The summed E-state index contributed by atoms with van der Waals surface area (Å²) in [7, 11) is 1.59. The number of anilines is 1. The van der Waals surface area contributed by atoms with Gasteiger partial charge in [-0.25, -0.2) is 9.78 Å². The van der Waals surface area contributed by atoms with Crippen LogP contribution in [-0.4, -0.2) is 59.3 Å². The second-order valence-electron chi connectivity index (χ2n) is 7.69. The molecule has 1 amide bonds. The Kier molecular flexibility index (Phi) is 6.28. The number of nitrogens with zero attached hydrogens (tertiary/aromatic N) is 2. The minimum atomic E-state index is -1.08. The van der Waals surface area contributed by atoms with Crippen LogP contribution >= 0.6 is 23.2 Å². The normalized spacial score (nSPS) is 18.7. The fourth-order valence-electron chi connectivity index (χ4n) is 4.04. The second kappa shape index (κ2) is 8.97. The lowest BCUT2D eigenvalue weighted by molar-refractivity contribution is 0.0540. The van der Waals surface area contributed by atoms with Crippen LogP contribution in [0.4, 0.5) is 5.69 Å². The Labute approximate surface area is 194 Å². The third-order valence-corrected chi connectivity index (χ3v) is 6.66. The monoisotopic (exact) mass is 476 g/mol. The van der Waals surface area contributed by atoms with Crippen molar-refractivity contribution in [2.24, 2.45) is 0 Å². The summed E-state index contributed by atoms with van der Waals surface area (Å²) in [6, 6.07) is 8.75. The van der Waals surface area contributed by atoms with Crippen LogP contribution < -0.4 is 10.2 Å². The average molecular weight is 477 g/mol. The summed E-state index contributed by atoms with van der Waals surface area (Å²) in [6.07, 6.45) is 0.271. The number of piperidine rings is 1. The van der Waals surface area contributed by atoms with Gasteiger partial charge in [0.05, 0.1) is 27.7 Å². The number of hydrogen-bond donors (Lipinski definition) is 3. The van der Waals surface area contributed by atoms with Crippen LogP contribution in [0.2, 0.25) is 10.0 Å². The zero-order valence-electron chi connectivity index (χ0n) is 17.5. The highest BCUT2D eigenvalue weighted by Gasteiger charge is 2.33. The van der Waals surface area contributed by atoms with Crippen molar-refractivity contribution in [2.45, 2.75) is 25.5 Å². The van der Waals surface area contributed by atoms with E-state index in [1.54, 1.807) is 26.2 Å². The highest BCUT2D eigenvalue weighted by atomic mass is 35.5. The zero-order chi connectivity index (χ0) is 23.0. The molecule has 3 aromatic rings. The van der Waals surface area contributed by atoms with E-state index in [2.05, 4.69) is 20.2 Å². The van der Waals surface area contributed by atoms with Gasteiger partial charge in [-0.1, -0.05) is 41.4 Å². The predicted octanol–water partition coefficient (Wildman–Crippen LogP) is 3.90. The summed E-state index contributed by atoms with van der Waals surface area (Å²) >= 11 is 12.3. The molecule has 1 aromatic carbocycles. The molecule has 3 N–H and O–H groups in total. The van der Waals surface area contributed by atoms with E-state index in [0.29, 0.717) is 35.7 Å². The number of ether oxygens (including phenoxy) is 1. The first-order chi connectivity index (χ1) is 15.3. The number of rotatable bonds is 5. The number of aryl methyl sites for hydroxylation is 1. The smallest absolute Gasteiger partial charge is 0.354 e. The Bertz CT molecular complexity index is 1200. The van der Waals surface area contributed by atoms with Crippen molar-refractivity contribution in [1.29, 1.82) is 0 Å². The maximum absolute atomic E-state index is 12.8. The standard InChI is InChI=1S/C22H22Cl2N4O4/c1-11-18(23)19(24)20(25-11)21(29)27-14-7-8-28(10-17(14)32-2)16-9-15(22(30)31)26-13-6-4-3-5-12(13)16/h3-6,9,14,17,25H,7-8,10H2,1-2H3,(H,27,29)(H,30,31)/t14-,17+/m1/s1. The highest BCUT2D eigenvalue weighted by molar-refractivity contribution is 6.44. The van der Waals surface area contributed by atoms with Crippen molar-refractivity contribution >= 4 is 51.7 Å². The van der Waals surface area contributed by atoms with Gasteiger partial charge in [0, 0.05) is 37.0 Å². The molecule has 2 atom stereocenters. The minimum Gasteiger partial charge on any atom is -0.477 e. The fraction of sp³-hybridized carbons (Fsp3) is 0.318. The SMILES string of the molecule is CO[C@H]1CN(c2cc(C(=O)O)nc3ccccc23)CC[C@H]1NC(=O)c1[nH]c(C)c(Cl)c1Cl. The number of fused-ring (bicyclic) bond motifs is 1. The second-order valence-corrected chi connectivity index (χ2v) is 8.45. The van der Waals surface area contributed by atoms with Crippen molar-refractivity contribution < 1.29 is 19.4 Å². The molecule has 32 heavy (non-hydrogen) atoms. The van der Waals surface area contributed by atoms with Gasteiger partial charge in [-0.2, -0.15) is 0 Å². The van der Waals surface area contributed by atoms with Crippen molar-refractivity contribution in [1.82, 2.24) is 15.3 Å². The number of carbonyl (C=O) groups excluding carboxylic acids is 1. The first kappa shape index (κ1) is 22.4. The number of amides is 1. The third kappa shape index (κ3) is 4.13. The van der Waals surface area contributed by atoms with Gasteiger partial charge in [0.2, 0.25) is 0 Å². The van der Waals surface area contributed by atoms with Gasteiger partial charge in [-0.05, 0) is 25.5 Å². The summed E-state index contributed by atoms with van der Waals surface area (Å²) in [5, 5.41) is 13.8. The van der Waals surface area contributed by atoms with E-state index in [1.165, 1.54) is 0 Å². The van der Waals surface area contributed by atoms with Crippen molar-refractivity contribution in [3.05, 3.63) is 57.5 Å². The van der Waals surface area contributed by atoms with Gasteiger partial charge >= 0.3 is 5.97 Å². The summed E-state index contributed by atoms with van der Waals surface area (Å²) in [6.45, 7) is 2.80. The van der Waals surface area contributed by atoms with Gasteiger partial charge in [0.25, 0.3) is 5.91 Å². The number of benzene rings is 1. The molecule has 0 bridgehead atoms. The van der Waals surface area contributed by atoms with E-state index in [-0.39, 0.29) is 34.5 Å². The van der Waals surface area contributed by atoms with E-state index in [0.717, 1.165) is 11.1 Å². The number of carboxylic acids is 1. The van der Waals surface area contributed by atoms with Crippen LogP contribution in [-0.2, 0) is 4.74 Å². The molecule has 1 aliphatic heterocycles. The van der Waals surface area contributed by atoms with Crippen molar-refractivity contribution in [3.8, 4) is 0 Å². The molecule has 168 valence electrons. The summed E-state index contributed by atoms with van der Waals surface area (Å²) in [5.41, 5.74) is 2.21. The quantitative estimate of drug-likeness (QED) is 0.515. The lowest BCUT2D eigenvalue weighted by Crippen LogP contribution is -2.55. The number of hydrogen-bond acceptors (Lipinski definition) is 5. The van der Waals surface area contributed by atoms with E-state index >= 15 is 0 Å². The van der Waals surface area contributed by atoms with Gasteiger partial charge in [-0.15, -0.1) is 0 Å². The molecule has 1 fully saturated rings. The third-order valence-electron chi connectivity index (χ3n) is 5.71. The minimum absolute atomic E-state index is 0.0169. The molecule has 4 rings (SSSR count). The van der Waals surface area contributed by atoms with Crippen LogP contribution in [0.5, 0.6) is 0 Å². The Balaban J connectivity index is 1.57. The number of aromatic amines is 1. The number of aromatic carboxylic acids is 1. The summed E-state index contributed by atoms with van der Waals surface area (Å²) < 4.78 is 5.68. The number of methoxy groups -OCH3 is 1. The Morgan fingerprint density at radius 1 is 1.28 bits per heavy atom. The maximum atomic E-state index is 12.8. The highest BCUT2D eigenvalue weighted by Crippen LogP contribution is 2.31. The van der Waals surface area contributed by atoms with E-state index in [9.17, 15) is 14.7 Å². The van der Waals surface area contributed by atoms with Gasteiger partial charge in [-0.3, -0.25) is 4.79 Å². The van der Waals surface area contributed by atoms with Crippen LogP contribution in [0.25, 0.3) is 10.9 Å². The molecule has 0 unspecified atom stereocenters. The number of carboxylic acid groups (broad SMARTS) is 1. The molecule has 0 saturated carbocycles. The Morgan fingerprint density at radius 3 is 2.69 bits per heavy atom. The molecule has 2 aromatic heterocycles. The molecular weight excluding hydrogens is 455 g/mol.